The van der Waals surface area contributed by atoms with Crippen LogP contribution < -0.4 is 66.7 Å². The number of phenols is 1. The van der Waals surface area contributed by atoms with E-state index in [0.29, 0.717) is 28.4 Å². The number of benzene rings is 8. The number of amides is 3. The molecule has 0 aliphatic heterocycles. The molecule has 3 amide bonds. The zero-order valence-electron chi connectivity index (χ0n) is 61.5. The van der Waals surface area contributed by atoms with Crippen molar-refractivity contribution in [3.8, 4) is 80.4 Å². The molecule has 8 aromatic carbocycles. The van der Waals surface area contributed by atoms with Gasteiger partial charge in [0.25, 0.3) is 45.4 Å². The average molecular weight is 2300 g/mol. The molecule has 31 nitrogen and oxygen atoms in total. The van der Waals surface area contributed by atoms with Crippen LogP contribution in [0, 0.1) is 5.41 Å². The van der Waals surface area contributed by atoms with Crippen molar-refractivity contribution in [3.63, 3.8) is 0 Å². The Morgan fingerprint density at radius 2 is 0.748 bits per heavy atom. The van der Waals surface area contributed by atoms with E-state index in [9.17, 15) is 93.9 Å². The van der Waals surface area contributed by atoms with E-state index in [2.05, 4.69) is 95.1 Å². The summed E-state index contributed by atoms with van der Waals surface area (Å²) < 4.78 is 209. The zero-order chi connectivity index (χ0) is 92.5. The van der Waals surface area contributed by atoms with Gasteiger partial charge in [-0.15, -0.1) is 47.3 Å². The lowest BCUT2D eigenvalue weighted by molar-refractivity contribution is -0.114. The molecule has 2 aromatic heterocycles. The number of nitrogens with zero attached hydrogens (tertiary/aromatic N) is 4. The summed E-state index contributed by atoms with van der Waals surface area (Å²) in [6, 6.07) is 25.7. The largest absolute Gasteiger partial charge is 0.507 e. The minimum absolute atomic E-state index is 0. The number of ether oxygens (including phenoxy) is 7. The minimum Gasteiger partial charge on any atom is -0.507 e. The Hall–Kier alpha value is -7.49. The van der Waals surface area contributed by atoms with Crippen molar-refractivity contribution in [3.05, 3.63) is 224 Å². The van der Waals surface area contributed by atoms with E-state index in [1.165, 1.54) is 81.2 Å². The van der Waals surface area contributed by atoms with Crippen LogP contribution in [0.15, 0.2) is 169 Å². The maximum Gasteiger partial charge on any atom is 0.369 e. The van der Waals surface area contributed by atoms with Gasteiger partial charge in [0.15, 0.2) is 69.6 Å². The number of nitrogens with two attached hydrogens (primary N) is 1. The van der Waals surface area contributed by atoms with Gasteiger partial charge in [0.05, 0.1) is 72.9 Å². The van der Waals surface area contributed by atoms with Crippen LogP contribution in [0.5, 0.6) is 69.0 Å². The summed E-state index contributed by atoms with van der Waals surface area (Å²) in [6.45, 7) is 0. The topological polar surface area (TPSA) is 453 Å². The van der Waals surface area contributed by atoms with E-state index < -0.39 is 120 Å². The van der Waals surface area contributed by atoms with Crippen LogP contribution in [-0.2, 0) is 43.4 Å². The van der Waals surface area contributed by atoms with Crippen LogP contribution in [0.2, 0.25) is 40.2 Å². The van der Waals surface area contributed by atoms with E-state index in [0.717, 1.165) is 55.2 Å². The normalized spacial score (nSPS) is 11.1. The molecule has 0 bridgehead atoms. The van der Waals surface area contributed by atoms with Crippen molar-refractivity contribution < 1.29 is 108 Å². The second-order valence-electron chi connectivity index (χ2n) is 22.6. The van der Waals surface area contributed by atoms with E-state index in [1.54, 1.807) is 40.3 Å². The number of phenolic OH excluding ortho intramolecular Hbond substituents is 1. The molecule has 0 fully saturated rings. The number of alkyl halides is 6. The number of primary amides is 1. The highest BCUT2D eigenvalue weighted by atomic mass is 79.9. The molecule has 10 rings (SSSR count). The summed E-state index contributed by atoms with van der Waals surface area (Å²) in [4.78, 5) is 69.8. The number of H-pyrrole nitrogens is 2. The molecule has 0 unspecified atom stereocenters. The molecule has 10 aromatic rings. The summed E-state index contributed by atoms with van der Waals surface area (Å²) >= 11 is 64.8. The molecular weight excluding hydrogens is 2250 g/mol. The van der Waals surface area contributed by atoms with Crippen LogP contribution in [0.25, 0.3) is 11.4 Å². The number of aromatic amines is 2. The van der Waals surface area contributed by atoms with Crippen LogP contribution in [0.4, 0.5) is 31.1 Å². The van der Waals surface area contributed by atoms with E-state index in [4.69, 9.17) is 142 Å². The number of sulfone groups is 3. The number of aromatic nitrogens is 6. The maximum absolute atomic E-state index is 13.0. The number of carbonyl (C=O) groups excluding carboxylic acids is 2. The number of aromatic hydroxyl groups is 1. The fourth-order valence-corrected chi connectivity index (χ4v) is 15.9. The van der Waals surface area contributed by atoms with Gasteiger partial charge in [-0.3, -0.25) is 35.1 Å². The summed E-state index contributed by atoms with van der Waals surface area (Å²) in [5.41, 5.74) is -4.52. The number of rotatable bonds is 21. The van der Waals surface area contributed by atoms with Gasteiger partial charge < -0.3 is 44.0 Å². The predicted octanol–water partition coefficient (Wildman–Crippen LogP) is 18.1. The fourth-order valence-electron chi connectivity index (χ4n) is 8.78. The highest BCUT2D eigenvalue weighted by Crippen LogP contribution is 2.45. The van der Waals surface area contributed by atoms with Crippen molar-refractivity contribution in [1.82, 2.24) is 34.8 Å². The van der Waals surface area contributed by atoms with Gasteiger partial charge in [-0.05, 0) is 97.1 Å². The first kappa shape index (κ1) is 108. The lowest BCUT2D eigenvalue weighted by atomic mass is 10.3. The van der Waals surface area contributed by atoms with Gasteiger partial charge in [-0.2, -0.15) is 19.6 Å². The number of halogens is 20. The highest BCUT2D eigenvalue weighted by molar-refractivity contribution is 9.69. The molecule has 0 saturated carbocycles. The molecule has 0 atom stereocenters. The number of hydrogen-bond acceptors (Lipinski definition) is 25. The van der Waals surface area contributed by atoms with E-state index in [1.807, 2.05) is 0 Å². The molecule has 0 aliphatic rings. The van der Waals surface area contributed by atoms with Gasteiger partial charge in [-0.1, -0.05) is 125 Å². The third kappa shape index (κ3) is 31.5. The van der Waals surface area contributed by atoms with Crippen LogP contribution in [0.1, 0.15) is 24.2 Å². The first-order valence-corrected chi connectivity index (χ1v) is 46.6. The molecule has 3 radical (unpaired) electrons. The molecule has 123 heavy (non-hydrogen) atoms. The molecule has 57 heteroatoms. The standard InChI is InChI=1S/C18H13Cl2F2N3O6S.C17H11Cl2F2N3O6S.C14H11BrCl2O4S.C13H8BrCl3O4S.C4H5F2N3O2.BBr3.B/c1-30-12-4-3-9(7-13(12)32(2,28)29)31-15-10(19)5-8(6-11(15)20)25-18(27)23-17(26)14(24-25)16(21)22;1-31(28,29)12-6-8(2-3-11(12)25)30-14-9(18)4-7(5-10(14)19)24-17(27)22-16(26)13(23-24)15(20)21;1-20-12-4-3-9(7-13(12)22(2,18)19)21-14-10(16)5-8(15)6-11(14)17;1-20-11-3-2-8(6-12(11)22(17,18)19)21-13-9(15)4-7(14)5-10(13)16;5-2(6)1(7)3(10)9-4(8)11;2-1(3)4;/h3-7,16H,1-2H3,(H,23,26,27);2-6,15,25H,1H3,(H,22,26,27);3-7H,1-2H3;2-6H,1H3;2,7H,(H3,8,9,10,11);;. The third-order valence-corrected chi connectivity index (χ3v) is 21.7. The minimum atomic E-state index is -3.99. The van der Waals surface area contributed by atoms with Gasteiger partial charge in [0.1, 0.15) is 65.6 Å². The number of urea groups is 1. The summed E-state index contributed by atoms with van der Waals surface area (Å²) in [5.74, 6) is -0.810. The summed E-state index contributed by atoms with van der Waals surface area (Å²) in [6.07, 6.45) is -6.68. The van der Waals surface area contributed by atoms with Crippen LogP contribution in [0.3, 0.4) is 0 Å². The zero-order valence-corrected chi connectivity index (χ0v) is 79.5. The first-order valence-electron chi connectivity index (χ1n) is 31.3. The fraction of sp³-hybridized carbons (Fsp3) is 0.136. The third-order valence-electron chi connectivity index (χ3n) is 13.9. The molecule has 7 N–H and O–H groups in total. The summed E-state index contributed by atoms with van der Waals surface area (Å²) in [5, 5.41) is 24.6. The van der Waals surface area contributed by atoms with Crippen molar-refractivity contribution in [2.45, 2.75) is 38.9 Å². The Morgan fingerprint density at radius 3 is 1.00 bits per heavy atom. The van der Waals surface area contributed by atoms with Gasteiger partial charge in [0.2, 0.25) is 0 Å². The SMILES string of the molecule is BrB(Br)Br.COc1ccc(Oc2c(Cl)cc(-n3nc(C(F)F)c(=O)[nH]c3=O)cc2Cl)cc1S(C)(=O)=O.COc1ccc(Oc2c(Cl)cc(Br)cc2Cl)cc1S(=O)(=O)Cl.COc1ccc(Oc2c(Cl)cc(Br)cc2Cl)cc1S(C)(=O)=O.CS(=O)(=O)c1cc(Oc2c(Cl)cc(-n3nc(C(F)F)c(=O)[nH]c3=O)cc2Cl)ccc1O.N=C(C(=O)NC(N)=O)C(F)F.[B]. The van der Waals surface area contributed by atoms with Crippen molar-refractivity contribution in [1.29, 1.82) is 5.41 Å². The molecule has 2 heterocycles. The average Bonchev–Trinajstić information content (AvgIpc) is 0.799. The van der Waals surface area contributed by atoms with Crippen molar-refractivity contribution in [2.75, 3.05) is 40.1 Å². The molecular formula is C66H48B2Br5Cl9F6N9O22S4. The Kier molecular flexibility index (Phi) is 41.1. The molecule has 659 valence electrons. The van der Waals surface area contributed by atoms with Gasteiger partial charge >= 0.3 is 20.6 Å². The van der Waals surface area contributed by atoms with E-state index in [-0.39, 0.29) is 131 Å². The Balaban J connectivity index is 0.000000328. The second kappa shape index (κ2) is 46.8. The van der Waals surface area contributed by atoms with Crippen LogP contribution in [-0.4, -0.2) is 144 Å². The Bertz CT molecular complexity index is 6190. The summed E-state index contributed by atoms with van der Waals surface area (Å²) in [7, 11) is -5.45. The number of hydrogen-bond donors (Lipinski definition) is 6. The van der Waals surface area contributed by atoms with Gasteiger partial charge in [0, 0.05) is 71.1 Å². The lowest BCUT2D eigenvalue weighted by Gasteiger charge is -2.14. The first-order chi connectivity index (χ1) is 56.4. The lowest BCUT2D eigenvalue weighted by Crippen LogP contribution is -2.41. The quantitative estimate of drug-likeness (QED) is 0.0168. The second-order valence-corrected chi connectivity index (χ2v) is 42.6. The predicted molar refractivity (Wildman–Crippen MR) is 469 cm³/mol. The highest BCUT2D eigenvalue weighted by Gasteiger charge is 2.27. The molecule has 0 aliphatic carbocycles. The maximum atomic E-state index is 13.0. The van der Waals surface area contributed by atoms with Crippen molar-refractivity contribution in [2.24, 2.45) is 5.73 Å². The van der Waals surface area contributed by atoms with Crippen molar-refractivity contribution >= 4 is 250 Å². The van der Waals surface area contributed by atoms with Crippen LogP contribution >= 0.6 is 183 Å². The molecule has 0 spiro atoms. The Morgan fingerprint density at radius 1 is 0.488 bits per heavy atom. The Labute approximate surface area is 779 Å². The smallest absolute Gasteiger partial charge is 0.369 e. The number of imide groups is 1. The monoisotopic (exact) mass is 2290 g/mol. The van der Waals surface area contributed by atoms with E-state index >= 15 is 0 Å². The number of methoxy groups -OCH3 is 3. The number of nitrogens with one attached hydrogen (secondary N) is 4. The molecule has 0 saturated heterocycles. The number of carbonyl (C=O) groups is 2. The van der Waals surface area contributed by atoms with Gasteiger partial charge in [-0.25, -0.2) is 74.4 Å².